The molecule has 3 N–H and O–H groups in total. The fraction of sp³-hybridized carbons (Fsp3) is 0.565. The Hall–Kier alpha value is -2.58. The minimum Gasteiger partial charge on any atom is -0.316 e. The van der Waals surface area contributed by atoms with Crippen LogP contribution in [0.5, 0.6) is 0 Å². The molecular weight excluding hydrogens is 396 g/mol. The Kier molecular flexibility index (Phi) is 6.77. The predicted octanol–water partition coefficient (Wildman–Crippen LogP) is 1.35. The van der Waals surface area contributed by atoms with E-state index in [0.717, 1.165) is 42.4 Å². The highest BCUT2D eigenvalue weighted by Crippen LogP contribution is 2.28. The molecule has 4 rings (SSSR count). The third-order valence-corrected chi connectivity index (χ3v) is 6.45. The summed E-state index contributed by atoms with van der Waals surface area (Å²) in [6.45, 7) is 3.83. The van der Waals surface area contributed by atoms with E-state index in [2.05, 4.69) is 16.0 Å². The van der Waals surface area contributed by atoms with Crippen LogP contribution in [0.25, 0.3) is 0 Å². The van der Waals surface area contributed by atoms with Crippen LogP contribution >= 0.6 is 0 Å². The van der Waals surface area contributed by atoms with Crippen LogP contribution < -0.4 is 16.0 Å². The number of rotatable bonds is 8. The minimum absolute atomic E-state index is 0.121. The normalized spacial score (nSPS) is 23.8. The highest BCUT2D eigenvalue weighted by molar-refractivity contribution is 6.23. The second-order valence-electron chi connectivity index (χ2n) is 8.71. The van der Waals surface area contributed by atoms with Crippen molar-refractivity contribution in [2.45, 2.75) is 57.5 Å². The molecule has 0 aromatic heterocycles. The summed E-state index contributed by atoms with van der Waals surface area (Å²) in [7, 11) is 0. The van der Waals surface area contributed by atoms with Gasteiger partial charge in [-0.25, -0.2) is 0 Å². The number of benzene rings is 1. The molecule has 3 heterocycles. The number of fused-ring (bicyclic) bond motifs is 1. The molecule has 2 fully saturated rings. The molecule has 2 saturated heterocycles. The largest absolute Gasteiger partial charge is 0.316 e. The van der Waals surface area contributed by atoms with Gasteiger partial charge in [0.1, 0.15) is 6.04 Å². The lowest BCUT2D eigenvalue weighted by Gasteiger charge is -2.27. The maximum atomic E-state index is 12.9. The predicted molar refractivity (Wildman–Crippen MR) is 114 cm³/mol. The number of hydrogen-bond donors (Lipinski definition) is 3. The van der Waals surface area contributed by atoms with Crippen molar-refractivity contribution < 1.29 is 19.2 Å². The van der Waals surface area contributed by atoms with Crippen molar-refractivity contribution in [2.75, 3.05) is 19.6 Å². The summed E-state index contributed by atoms with van der Waals surface area (Å²) >= 11 is 0. The van der Waals surface area contributed by atoms with Gasteiger partial charge in [-0.1, -0.05) is 12.5 Å². The Morgan fingerprint density at radius 2 is 1.87 bits per heavy atom. The van der Waals surface area contributed by atoms with Gasteiger partial charge in [0.15, 0.2) is 0 Å². The first-order chi connectivity index (χ1) is 15.0. The number of unbranched alkanes of at least 4 members (excludes halogenated alkanes) is 1. The van der Waals surface area contributed by atoms with E-state index in [1.165, 1.54) is 25.7 Å². The number of amides is 4. The Balaban J connectivity index is 1.28. The zero-order valence-corrected chi connectivity index (χ0v) is 17.7. The topological polar surface area (TPSA) is 108 Å². The molecule has 1 aromatic carbocycles. The van der Waals surface area contributed by atoms with Crippen molar-refractivity contribution in [1.29, 1.82) is 0 Å². The van der Waals surface area contributed by atoms with Crippen LogP contribution in [-0.2, 0) is 16.1 Å². The number of carbonyl (C=O) groups excluding carboxylic acids is 4. The third kappa shape index (κ3) is 4.85. The average molecular weight is 427 g/mol. The Morgan fingerprint density at radius 1 is 1.03 bits per heavy atom. The molecule has 8 nitrogen and oxygen atoms in total. The van der Waals surface area contributed by atoms with E-state index in [1.807, 2.05) is 6.07 Å². The monoisotopic (exact) mass is 426 g/mol. The Labute approximate surface area is 182 Å². The van der Waals surface area contributed by atoms with Crippen LogP contribution in [0.4, 0.5) is 0 Å². The summed E-state index contributed by atoms with van der Waals surface area (Å²) in [5.41, 5.74) is 1.58. The number of hydrogen-bond acceptors (Lipinski definition) is 6. The highest BCUT2D eigenvalue weighted by atomic mass is 16.2. The summed E-state index contributed by atoms with van der Waals surface area (Å²) in [5, 5.41) is 9.09. The number of nitrogens with one attached hydrogen (secondary N) is 3. The van der Waals surface area contributed by atoms with E-state index in [-0.39, 0.29) is 18.7 Å². The van der Waals surface area contributed by atoms with E-state index >= 15 is 0 Å². The average Bonchev–Trinajstić information content (AvgIpc) is 3.01. The maximum Gasteiger partial charge on any atom is 0.262 e. The van der Waals surface area contributed by atoms with Crippen molar-refractivity contribution in [1.82, 2.24) is 20.9 Å². The van der Waals surface area contributed by atoms with Crippen LogP contribution in [0.15, 0.2) is 18.2 Å². The standard InChI is InChI=1S/C23H30N4O4/c28-20-9-8-19(21(29)26-20)27-22(30)17-7-6-16(12-18(17)23(27)31)14-24-10-2-1-4-15-5-3-11-25-13-15/h6-7,12,15,19,24-25H,1-5,8-11,13-14H2,(H,26,28,29). The molecule has 0 radical (unpaired) electrons. The molecule has 0 spiro atoms. The zero-order valence-electron chi connectivity index (χ0n) is 17.7. The van der Waals surface area contributed by atoms with Gasteiger partial charge >= 0.3 is 0 Å². The second kappa shape index (κ2) is 9.70. The molecule has 0 bridgehead atoms. The molecule has 3 aliphatic rings. The van der Waals surface area contributed by atoms with Crippen LogP contribution in [0.2, 0.25) is 0 Å². The highest BCUT2D eigenvalue weighted by Gasteiger charge is 2.44. The lowest BCUT2D eigenvalue weighted by Crippen LogP contribution is -2.54. The van der Waals surface area contributed by atoms with E-state index < -0.39 is 23.8 Å². The first-order valence-corrected chi connectivity index (χ1v) is 11.3. The van der Waals surface area contributed by atoms with E-state index in [1.54, 1.807) is 12.1 Å². The molecule has 8 heteroatoms. The molecule has 3 aliphatic heterocycles. The molecule has 166 valence electrons. The first kappa shape index (κ1) is 21.6. The van der Waals surface area contributed by atoms with Crippen LogP contribution in [-0.4, -0.2) is 54.2 Å². The van der Waals surface area contributed by atoms with Gasteiger partial charge in [0.05, 0.1) is 11.1 Å². The Bertz CT molecular complexity index is 878. The molecule has 31 heavy (non-hydrogen) atoms. The smallest absolute Gasteiger partial charge is 0.262 e. The molecule has 2 atom stereocenters. The molecule has 0 saturated carbocycles. The van der Waals surface area contributed by atoms with Crippen molar-refractivity contribution in [3.63, 3.8) is 0 Å². The van der Waals surface area contributed by atoms with Crippen LogP contribution in [0, 0.1) is 5.92 Å². The summed E-state index contributed by atoms with van der Waals surface area (Å²) in [6, 6.07) is 4.32. The molecule has 2 unspecified atom stereocenters. The quantitative estimate of drug-likeness (QED) is 0.428. The summed E-state index contributed by atoms with van der Waals surface area (Å²) < 4.78 is 0. The van der Waals surface area contributed by atoms with Crippen molar-refractivity contribution in [2.24, 2.45) is 5.92 Å². The van der Waals surface area contributed by atoms with Gasteiger partial charge in [-0.2, -0.15) is 0 Å². The number of imide groups is 2. The third-order valence-electron chi connectivity index (χ3n) is 6.45. The molecule has 1 aromatic rings. The fourth-order valence-electron chi connectivity index (χ4n) is 4.71. The summed E-state index contributed by atoms with van der Waals surface area (Å²) in [4.78, 5) is 50.1. The maximum absolute atomic E-state index is 12.9. The lowest BCUT2D eigenvalue weighted by atomic mass is 9.94. The number of piperidine rings is 2. The van der Waals surface area contributed by atoms with Crippen molar-refractivity contribution >= 4 is 23.6 Å². The van der Waals surface area contributed by atoms with Gasteiger partial charge < -0.3 is 10.6 Å². The Morgan fingerprint density at radius 3 is 2.65 bits per heavy atom. The van der Waals surface area contributed by atoms with Crippen LogP contribution in [0.1, 0.15) is 71.2 Å². The van der Waals surface area contributed by atoms with Crippen molar-refractivity contribution in [3.8, 4) is 0 Å². The SMILES string of the molecule is O=C1CCC(N2C(=O)c3ccc(CNCCCCC4CCCNC4)cc3C2=O)C(=O)N1. The van der Waals surface area contributed by atoms with E-state index in [4.69, 9.17) is 0 Å². The molecule has 0 aliphatic carbocycles. The van der Waals surface area contributed by atoms with E-state index in [0.29, 0.717) is 17.7 Å². The van der Waals surface area contributed by atoms with Gasteiger partial charge in [-0.3, -0.25) is 29.4 Å². The van der Waals surface area contributed by atoms with Crippen molar-refractivity contribution in [3.05, 3.63) is 34.9 Å². The lowest BCUT2D eigenvalue weighted by molar-refractivity contribution is -0.136. The van der Waals surface area contributed by atoms with Gasteiger partial charge in [0, 0.05) is 13.0 Å². The number of carbonyl (C=O) groups is 4. The second-order valence-corrected chi connectivity index (χ2v) is 8.71. The summed E-state index contributed by atoms with van der Waals surface area (Å²) in [5.74, 6) is -1.08. The fourth-order valence-corrected chi connectivity index (χ4v) is 4.71. The minimum atomic E-state index is -0.925. The van der Waals surface area contributed by atoms with Gasteiger partial charge in [0.2, 0.25) is 11.8 Å². The first-order valence-electron chi connectivity index (χ1n) is 11.3. The van der Waals surface area contributed by atoms with E-state index in [9.17, 15) is 19.2 Å². The number of nitrogens with zero attached hydrogens (tertiary/aromatic N) is 1. The van der Waals surface area contributed by atoms with Gasteiger partial charge in [-0.15, -0.1) is 0 Å². The summed E-state index contributed by atoms with van der Waals surface area (Å²) in [6.07, 6.45) is 6.49. The zero-order chi connectivity index (χ0) is 21.8. The van der Waals surface area contributed by atoms with Gasteiger partial charge in [-0.05, 0) is 75.4 Å². The van der Waals surface area contributed by atoms with Gasteiger partial charge in [0.25, 0.3) is 11.8 Å². The molecule has 4 amide bonds. The van der Waals surface area contributed by atoms with Crippen LogP contribution in [0.3, 0.4) is 0 Å². The molecular formula is C23H30N4O4.